The molecule has 3 N–H and O–H groups in total. The van der Waals surface area contributed by atoms with E-state index < -0.39 is 11.6 Å². The van der Waals surface area contributed by atoms with E-state index in [0.29, 0.717) is 30.4 Å². The summed E-state index contributed by atoms with van der Waals surface area (Å²) >= 11 is 0. The fourth-order valence-electron chi connectivity index (χ4n) is 2.17. The number of hydrogen-bond donors (Lipinski definition) is 2. The number of aliphatic carboxylic acids is 1. The van der Waals surface area contributed by atoms with Crippen LogP contribution in [0.3, 0.4) is 0 Å². The van der Waals surface area contributed by atoms with Crippen molar-refractivity contribution < 1.29 is 24.2 Å². The summed E-state index contributed by atoms with van der Waals surface area (Å²) in [6.07, 6.45) is 0.123. The molecule has 0 spiro atoms. The van der Waals surface area contributed by atoms with E-state index in [9.17, 15) is 9.90 Å². The van der Waals surface area contributed by atoms with Crippen molar-refractivity contribution in [3.05, 3.63) is 23.8 Å². The summed E-state index contributed by atoms with van der Waals surface area (Å²) in [7, 11) is 0. The number of benzene rings is 1. The van der Waals surface area contributed by atoms with Crippen LogP contribution in [0.15, 0.2) is 23.4 Å². The topological polar surface area (TPSA) is 103 Å². The van der Waals surface area contributed by atoms with E-state index in [2.05, 4.69) is 5.16 Å². The summed E-state index contributed by atoms with van der Waals surface area (Å²) in [4.78, 5) is 16.3. The van der Waals surface area contributed by atoms with E-state index in [0.717, 1.165) is 5.56 Å². The second-order valence-electron chi connectivity index (χ2n) is 4.67. The van der Waals surface area contributed by atoms with E-state index in [4.69, 9.17) is 20.0 Å². The Bertz CT molecular complexity index is 586. The zero-order chi connectivity index (χ0) is 14.2. The van der Waals surface area contributed by atoms with E-state index in [1.54, 1.807) is 18.2 Å². The van der Waals surface area contributed by atoms with Crippen LogP contribution in [0.5, 0.6) is 11.5 Å². The van der Waals surface area contributed by atoms with Crippen LogP contribution in [0, 0.1) is 0 Å². The third-order valence-corrected chi connectivity index (χ3v) is 3.38. The largest absolute Gasteiger partial charge is 0.486 e. The molecule has 0 aromatic heterocycles. The third-order valence-electron chi connectivity index (χ3n) is 3.38. The van der Waals surface area contributed by atoms with Crippen molar-refractivity contribution in [2.24, 2.45) is 10.9 Å². The van der Waals surface area contributed by atoms with Crippen LogP contribution in [0.4, 0.5) is 0 Å². The summed E-state index contributed by atoms with van der Waals surface area (Å²) in [5, 5.41) is 13.1. The lowest BCUT2D eigenvalue weighted by molar-refractivity contribution is -0.161. The SMILES string of the molecule is NCC1(C(=O)O)CC(c2ccc3c(c2)OCCO3)=NO1. The van der Waals surface area contributed by atoms with Crippen LogP contribution in [0.2, 0.25) is 0 Å². The summed E-state index contributed by atoms with van der Waals surface area (Å²) < 4.78 is 10.9. The van der Waals surface area contributed by atoms with E-state index in [1.165, 1.54) is 0 Å². The molecule has 2 heterocycles. The van der Waals surface area contributed by atoms with Crippen LogP contribution >= 0.6 is 0 Å². The Kier molecular flexibility index (Phi) is 2.98. The van der Waals surface area contributed by atoms with Gasteiger partial charge in [-0.05, 0) is 18.2 Å². The van der Waals surface area contributed by atoms with Crippen LogP contribution in [-0.2, 0) is 9.63 Å². The second kappa shape index (κ2) is 4.68. The molecule has 2 aliphatic heterocycles. The number of carboxylic acids is 1. The molecule has 0 radical (unpaired) electrons. The molecule has 0 saturated carbocycles. The Labute approximate surface area is 114 Å². The van der Waals surface area contributed by atoms with Gasteiger partial charge in [-0.1, -0.05) is 5.16 Å². The molecule has 1 aromatic carbocycles. The first-order valence-corrected chi connectivity index (χ1v) is 6.23. The normalized spacial score (nSPS) is 23.9. The average molecular weight is 278 g/mol. The van der Waals surface area contributed by atoms with E-state index in [1.807, 2.05) is 0 Å². The number of nitrogens with zero attached hydrogens (tertiary/aromatic N) is 1. The van der Waals surface area contributed by atoms with Crippen molar-refractivity contribution in [3.8, 4) is 11.5 Å². The molecule has 1 atom stereocenters. The molecule has 0 saturated heterocycles. The number of carbonyl (C=O) groups is 1. The lowest BCUT2D eigenvalue weighted by Gasteiger charge is -2.19. The number of oxime groups is 1. The molecule has 7 heteroatoms. The van der Waals surface area contributed by atoms with Crippen molar-refractivity contribution in [1.29, 1.82) is 0 Å². The second-order valence-corrected chi connectivity index (χ2v) is 4.67. The molecule has 3 rings (SSSR count). The van der Waals surface area contributed by atoms with Crippen molar-refractivity contribution in [3.63, 3.8) is 0 Å². The molecule has 0 aliphatic carbocycles. The predicted molar refractivity (Wildman–Crippen MR) is 69.1 cm³/mol. The first-order valence-electron chi connectivity index (χ1n) is 6.23. The fourth-order valence-corrected chi connectivity index (χ4v) is 2.17. The summed E-state index contributed by atoms with van der Waals surface area (Å²) in [5.74, 6) is 0.177. The molecular formula is C13H14N2O5. The first kappa shape index (κ1) is 12.7. The minimum atomic E-state index is -1.47. The maximum atomic E-state index is 11.2. The Morgan fingerprint density at radius 3 is 2.75 bits per heavy atom. The molecule has 0 fully saturated rings. The van der Waals surface area contributed by atoms with Crippen molar-refractivity contribution in [2.45, 2.75) is 12.0 Å². The quantitative estimate of drug-likeness (QED) is 0.827. The van der Waals surface area contributed by atoms with E-state index in [-0.39, 0.29) is 13.0 Å². The molecule has 1 aromatic rings. The molecule has 106 valence electrons. The van der Waals surface area contributed by atoms with E-state index >= 15 is 0 Å². The van der Waals surface area contributed by atoms with Gasteiger partial charge >= 0.3 is 5.97 Å². The molecule has 0 bridgehead atoms. The number of nitrogens with two attached hydrogens (primary N) is 1. The maximum Gasteiger partial charge on any atom is 0.352 e. The average Bonchev–Trinajstić information content (AvgIpc) is 2.92. The minimum Gasteiger partial charge on any atom is -0.486 e. The third kappa shape index (κ3) is 1.96. The predicted octanol–water partition coefficient (Wildman–Crippen LogP) is 0.364. The standard InChI is InChI=1S/C13H14N2O5/c14-7-13(12(16)17)6-9(15-20-13)8-1-2-10-11(5-8)19-4-3-18-10/h1-2,5H,3-4,6-7,14H2,(H,16,17). The fraction of sp³-hybridized carbons (Fsp3) is 0.385. The highest BCUT2D eigenvalue weighted by molar-refractivity contribution is 6.05. The van der Waals surface area contributed by atoms with Crippen LogP contribution in [-0.4, -0.2) is 42.1 Å². The maximum absolute atomic E-state index is 11.2. The van der Waals surface area contributed by atoms with Gasteiger partial charge in [-0.15, -0.1) is 0 Å². The zero-order valence-electron chi connectivity index (χ0n) is 10.7. The van der Waals surface area contributed by atoms with Gasteiger partial charge in [0.05, 0.1) is 5.71 Å². The number of rotatable bonds is 3. The number of ether oxygens (including phenoxy) is 2. The molecule has 0 amide bonds. The monoisotopic (exact) mass is 278 g/mol. The lowest BCUT2D eigenvalue weighted by Crippen LogP contribution is -2.45. The Balaban J connectivity index is 1.86. The number of hydrogen-bond acceptors (Lipinski definition) is 6. The zero-order valence-corrected chi connectivity index (χ0v) is 10.7. The Morgan fingerprint density at radius 2 is 2.10 bits per heavy atom. The summed E-state index contributed by atoms with van der Waals surface area (Å²) in [6.45, 7) is 0.868. The van der Waals surface area contributed by atoms with Gasteiger partial charge in [-0.2, -0.15) is 0 Å². The lowest BCUT2D eigenvalue weighted by atomic mass is 9.94. The molecule has 2 aliphatic rings. The van der Waals surface area contributed by atoms with Crippen molar-refractivity contribution >= 4 is 11.7 Å². The van der Waals surface area contributed by atoms with Crippen LogP contribution in [0.25, 0.3) is 0 Å². The highest BCUT2D eigenvalue weighted by Gasteiger charge is 2.46. The van der Waals surface area contributed by atoms with Gasteiger partial charge in [0.1, 0.15) is 13.2 Å². The van der Waals surface area contributed by atoms with Gasteiger partial charge in [0, 0.05) is 18.5 Å². The van der Waals surface area contributed by atoms with Gasteiger partial charge in [0.15, 0.2) is 11.5 Å². The summed E-state index contributed by atoms with van der Waals surface area (Å²) in [5.41, 5.74) is 5.31. The van der Waals surface area contributed by atoms with Gasteiger partial charge in [-0.3, -0.25) is 0 Å². The van der Waals surface area contributed by atoms with Gasteiger partial charge < -0.3 is 25.2 Å². The summed E-state index contributed by atoms with van der Waals surface area (Å²) in [6, 6.07) is 5.34. The molecular weight excluding hydrogens is 264 g/mol. The number of fused-ring (bicyclic) bond motifs is 1. The van der Waals surface area contributed by atoms with Crippen molar-refractivity contribution in [2.75, 3.05) is 19.8 Å². The molecule has 20 heavy (non-hydrogen) atoms. The van der Waals surface area contributed by atoms with Gasteiger partial charge in [0.2, 0.25) is 0 Å². The first-order chi connectivity index (χ1) is 9.64. The number of carboxylic acid groups (broad SMARTS) is 1. The minimum absolute atomic E-state index is 0.123. The van der Waals surface area contributed by atoms with Gasteiger partial charge in [0.25, 0.3) is 5.60 Å². The smallest absolute Gasteiger partial charge is 0.352 e. The highest BCUT2D eigenvalue weighted by Crippen LogP contribution is 2.33. The Morgan fingerprint density at radius 1 is 1.35 bits per heavy atom. The Hall–Kier alpha value is -2.28. The van der Waals surface area contributed by atoms with Gasteiger partial charge in [-0.25, -0.2) is 4.79 Å². The molecule has 7 nitrogen and oxygen atoms in total. The van der Waals surface area contributed by atoms with Crippen molar-refractivity contribution in [1.82, 2.24) is 0 Å². The highest BCUT2D eigenvalue weighted by atomic mass is 16.7. The van der Waals surface area contributed by atoms with Crippen LogP contribution < -0.4 is 15.2 Å². The molecule has 1 unspecified atom stereocenters. The van der Waals surface area contributed by atoms with Crippen LogP contribution in [0.1, 0.15) is 12.0 Å².